The molecule has 2 amide bonds. The first-order chi connectivity index (χ1) is 13.1. The van der Waals surface area contributed by atoms with Gasteiger partial charge < -0.3 is 5.32 Å². The Hall–Kier alpha value is -2.74. The number of nitrogens with one attached hydrogen (secondary N) is 2. The minimum atomic E-state index is -0.389. The van der Waals surface area contributed by atoms with Crippen molar-refractivity contribution >= 4 is 28.4 Å². The third-order valence-corrected chi connectivity index (χ3v) is 4.78. The lowest BCUT2D eigenvalue weighted by molar-refractivity contribution is -0.129. The number of anilines is 1. The van der Waals surface area contributed by atoms with Crippen LogP contribution in [0.3, 0.4) is 0 Å². The number of benzene rings is 1. The number of rotatable bonds is 8. The zero-order valence-electron chi connectivity index (χ0n) is 15.2. The van der Waals surface area contributed by atoms with Crippen molar-refractivity contribution in [3.8, 4) is 0 Å². The van der Waals surface area contributed by atoms with Gasteiger partial charge in [0.05, 0.1) is 10.9 Å². The summed E-state index contributed by atoms with van der Waals surface area (Å²) in [7, 11) is 0. The van der Waals surface area contributed by atoms with E-state index in [0.717, 1.165) is 37.9 Å². The van der Waals surface area contributed by atoms with E-state index in [1.807, 2.05) is 0 Å². The van der Waals surface area contributed by atoms with Gasteiger partial charge >= 0.3 is 0 Å². The second-order valence-electron chi connectivity index (χ2n) is 6.82. The van der Waals surface area contributed by atoms with Gasteiger partial charge in [-0.25, -0.2) is 10.5 Å². The zero-order valence-corrected chi connectivity index (χ0v) is 15.2. The van der Waals surface area contributed by atoms with Crippen LogP contribution in [-0.2, 0) is 22.6 Å². The second kappa shape index (κ2) is 8.77. The summed E-state index contributed by atoms with van der Waals surface area (Å²) in [5.41, 5.74) is 2.82. The van der Waals surface area contributed by atoms with Crippen molar-refractivity contribution in [2.45, 2.75) is 57.9 Å². The van der Waals surface area contributed by atoms with E-state index in [2.05, 4.69) is 10.3 Å². The number of hydrogen-bond acceptors (Lipinski definition) is 5. The zero-order chi connectivity index (χ0) is 19.2. The quantitative estimate of drug-likeness (QED) is 0.373. The first kappa shape index (κ1) is 19.0. The Kier molecular flexibility index (Phi) is 6.18. The van der Waals surface area contributed by atoms with Gasteiger partial charge in [0.25, 0.3) is 5.56 Å². The molecule has 0 bridgehead atoms. The van der Waals surface area contributed by atoms with Gasteiger partial charge in [0, 0.05) is 31.5 Å². The van der Waals surface area contributed by atoms with Gasteiger partial charge in [-0.3, -0.25) is 24.2 Å². The van der Waals surface area contributed by atoms with Crippen LogP contribution in [0.4, 0.5) is 5.69 Å². The third kappa shape index (κ3) is 4.71. The maximum absolute atomic E-state index is 12.6. The number of fused-ring (bicyclic) bond motifs is 2. The van der Waals surface area contributed by atoms with Crippen LogP contribution in [0.1, 0.15) is 50.8 Å². The molecule has 0 unspecified atom stereocenters. The molecule has 1 aromatic heterocycles. The molecule has 3 rings (SSSR count). The molecule has 144 valence electrons. The summed E-state index contributed by atoms with van der Waals surface area (Å²) in [5, 5.41) is 11.8. The SMILES string of the molecule is O=C(CCCCCCC(=O)Nc1ccc2nc3n(c(=O)c2c1)CCC3)NO. The number of aromatic nitrogens is 2. The van der Waals surface area contributed by atoms with Crippen molar-refractivity contribution in [3.63, 3.8) is 0 Å². The minimum absolute atomic E-state index is 0.0458. The molecule has 0 fully saturated rings. The molecule has 0 saturated heterocycles. The molecule has 27 heavy (non-hydrogen) atoms. The molecule has 3 N–H and O–H groups in total. The molecule has 0 atom stereocenters. The molecule has 8 nitrogen and oxygen atoms in total. The van der Waals surface area contributed by atoms with Gasteiger partial charge in [-0.2, -0.15) is 0 Å². The number of carbonyl (C=O) groups is 2. The number of unbranched alkanes of at least 4 members (excludes halogenated alkanes) is 3. The fourth-order valence-corrected chi connectivity index (χ4v) is 3.37. The molecule has 8 heteroatoms. The van der Waals surface area contributed by atoms with Crippen LogP contribution < -0.4 is 16.4 Å². The Bertz CT molecular complexity index is 906. The average Bonchev–Trinajstić information content (AvgIpc) is 3.13. The number of hydroxylamine groups is 1. The van der Waals surface area contributed by atoms with Gasteiger partial charge in [0.15, 0.2) is 0 Å². The van der Waals surface area contributed by atoms with Crippen LogP contribution in [0, 0.1) is 0 Å². The number of carbonyl (C=O) groups excluding carboxylic acids is 2. The molecular weight excluding hydrogens is 348 g/mol. The molecule has 2 aromatic rings. The molecule has 0 spiro atoms. The topological polar surface area (TPSA) is 113 Å². The van der Waals surface area contributed by atoms with Crippen molar-refractivity contribution in [3.05, 3.63) is 34.4 Å². The van der Waals surface area contributed by atoms with Crippen LogP contribution in [0.25, 0.3) is 10.9 Å². The summed E-state index contributed by atoms with van der Waals surface area (Å²) >= 11 is 0. The lowest BCUT2D eigenvalue weighted by Crippen LogP contribution is -2.21. The number of hydrogen-bond donors (Lipinski definition) is 3. The summed E-state index contributed by atoms with van der Waals surface area (Å²) in [6, 6.07) is 5.24. The lowest BCUT2D eigenvalue weighted by Gasteiger charge is -2.08. The van der Waals surface area contributed by atoms with E-state index in [0.29, 0.717) is 36.0 Å². The van der Waals surface area contributed by atoms with Crippen molar-refractivity contribution in [1.82, 2.24) is 15.0 Å². The van der Waals surface area contributed by atoms with Crippen LogP contribution in [0.5, 0.6) is 0 Å². The molecule has 1 aliphatic rings. The van der Waals surface area contributed by atoms with E-state index in [9.17, 15) is 14.4 Å². The smallest absolute Gasteiger partial charge is 0.261 e. The van der Waals surface area contributed by atoms with E-state index >= 15 is 0 Å². The predicted molar refractivity (Wildman–Crippen MR) is 101 cm³/mol. The first-order valence-corrected chi connectivity index (χ1v) is 9.35. The van der Waals surface area contributed by atoms with Crippen molar-refractivity contribution in [2.24, 2.45) is 0 Å². The molecule has 1 aromatic carbocycles. The summed E-state index contributed by atoms with van der Waals surface area (Å²) in [6.45, 7) is 0.702. The highest BCUT2D eigenvalue weighted by Gasteiger charge is 2.16. The Morgan fingerprint density at radius 2 is 1.85 bits per heavy atom. The van der Waals surface area contributed by atoms with Crippen molar-refractivity contribution in [2.75, 3.05) is 5.32 Å². The maximum Gasteiger partial charge on any atom is 0.261 e. The number of nitrogens with zero attached hydrogens (tertiary/aromatic N) is 2. The normalized spacial score (nSPS) is 12.8. The monoisotopic (exact) mass is 372 g/mol. The Morgan fingerprint density at radius 3 is 2.59 bits per heavy atom. The second-order valence-corrected chi connectivity index (χ2v) is 6.82. The van der Waals surface area contributed by atoms with E-state index in [4.69, 9.17) is 5.21 Å². The van der Waals surface area contributed by atoms with Crippen LogP contribution in [0.15, 0.2) is 23.0 Å². The Labute approximate surface area is 156 Å². The van der Waals surface area contributed by atoms with Crippen LogP contribution >= 0.6 is 0 Å². The van der Waals surface area contributed by atoms with E-state index in [1.54, 1.807) is 28.2 Å². The van der Waals surface area contributed by atoms with E-state index in [-0.39, 0.29) is 23.8 Å². The minimum Gasteiger partial charge on any atom is -0.326 e. The van der Waals surface area contributed by atoms with Gasteiger partial charge in [0.1, 0.15) is 5.82 Å². The molecule has 2 heterocycles. The van der Waals surface area contributed by atoms with E-state index in [1.165, 1.54) is 0 Å². The molecule has 1 aliphatic heterocycles. The predicted octanol–water partition coefficient (Wildman–Crippen LogP) is 2.13. The van der Waals surface area contributed by atoms with Gasteiger partial charge in [0.2, 0.25) is 11.8 Å². The molecule has 0 saturated carbocycles. The maximum atomic E-state index is 12.6. The third-order valence-electron chi connectivity index (χ3n) is 4.78. The first-order valence-electron chi connectivity index (χ1n) is 9.35. The molecular formula is C19H24N4O4. The van der Waals surface area contributed by atoms with Gasteiger partial charge in [-0.15, -0.1) is 0 Å². The highest BCUT2D eigenvalue weighted by atomic mass is 16.5. The standard InChI is InChI=1S/C19H24N4O4/c24-17(7-3-1-2-4-8-18(25)22-27)20-13-9-10-15-14(12-13)19(26)23-11-5-6-16(23)21-15/h9-10,12,27H,1-8,11H2,(H,20,24)(H,22,25). The largest absolute Gasteiger partial charge is 0.326 e. The van der Waals surface area contributed by atoms with Gasteiger partial charge in [-0.1, -0.05) is 12.8 Å². The summed E-state index contributed by atoms with van der Waals surface area (Å²) in [5.74, 6) is 0.345. The molecule has 0 radical (unpaired) electrons. The average molecular weight is 372 g/mol. The van der Waals surface area contributed by atoms with Crippen LogP contribution in [0.2, 0.25) is 0 Å². The van der Waals surface area contributed by atoms with Gasteiger partial charge in [-0.05, 0) is 37.5 Å². The van der Waals surface area contributed by atoms with Crippen molar-refractivity contribution in [1.29, 1.82) is 0 Å². The molecule has 0 aliphatic carbocycles. The van der Waals surface area contributed by atoms with Crippen LogP contribution in [-0.4, -0.2) is 26.6 Å². The number of aryl methyl sites for hydroxylation is 1. The Morgan fingerprint density at radius 1 is 1.11 bits per heavy atom. The van der Waals surface area contributed by atoms with Crippen molar-refractivity contribution < 1.29 is 14.8 Å². The highest BCUT2D eigenvalue weighted by molar-refractivity contribution is 5.93. The lowest BCUT2D eigenvalue weighted by atomic mass is 10.1. The summed E-state index contributed by atoms with van der Waals surface area (Å²) < 4.78 is 1.71. The van der Waals surface area contributed by atoms with E-state index < -0.39 is 0 Å². The summed E-state index contributed by atoms with van der Waals surface area (Å²) in [6.07, 6.45) is 5.49. The Balaban J connectivity index is 1.52. The highest BCUT2D eigenvalue weighted by Crippen LogP contribution is 2.19. The fourth-order valence-electron chi connectivity index (χ4n) is 3.37. The summed E-state index contributed by atoms with van der Waals surface area (Å²) in [4.78, 5) is 40.1. The fraction of sp³-hybridized carbons (Fsp3) is 0.474. The number of amides is 2.